The number of methoxy groups -OCH3 is 1. The third-order valence-electron chi connectivity index (χ3n) is 2.90. The maximum Gasteiger partial charge on any atom is 0.256 e. The van der Waals surface area contributed by atoms with Crippen LogP contribution < -0.4 is 5.32 Å². The molecule has 6 nitrogen and oxygen atoms in total. The fourth-order valence-electron chi connectivity index (χ4n) is 1.66. The highest BCUT2D eigenvalue weighted by atomic mass is 16.5. The van der Waals surface area contributed by atoms with E-state index in [1.54, 1.807) is 31.5 Å². The molecule has 0 saturated carbocycles. The summed E-state index contributed by atoms with van der Waals surface area (Å²) in [5.74, 6) is 0.498. The van der Waals surface area contributed by atoms with Crippen LogP contribution in [0.5, 0.6) is 0 Å². The second-order valence-corrected chi connectivity index (χ2v) is 4.65. The van der Waals surface area contributed by atoms with E-state index < -0.39 is 0 Å². The van der Waals surface area contributed by atoms with Gasteiger partial charge in [-0.15, -0.1) is 0 Å². The Morgan fingerprint density at radius 3 is 2.65 bits per heavy atom. The first kappa shape index (κ1) is 16.4. The van der Waals surface area contributed by atoms with Crippen molar-refractivity contribution in [2.24, 2.45) is 0 Å². The first-order chi connectivity index (χ1) is 9.69. The summed E-state index contributed by atoms with van der Waals surface area (Å²) in [5, 5.41) is 3.08. The van der Waals surface area contributed by atoms with Crippen LogP contribution in [-0.4, -0.2) is 54.6 Å². The molecule has 0 aromatic carbocycles. The van der Waals surface area contributed by atoms with Crippen LogP contribution in [0.2, 0.25) is 0 Å². The molecule has 1 heterocycles. The lowest BCUT2D eigenvalue weighted by Gasteiger charge is -2.16. The molecule has 0 aliphatic carbocycles. The van der Waals surface area contributed by atoms with E-state index in [-0.39, 0.29) is 5.91 Å². The lowest BCUT2D eigenvalue weighted by molar-refractivity contribution is 0.0792. The number of carbonyl (C=O) groups is 1. The molecule has 0 radical (unpaired) electrons. The lowest BCUT2D eigenvalue weighted by Crippen LogP contribution is -2.28. The summed E-state index contributed by atoms with van der Waals surface area (Å²) in [6.45, 7) is 4.31. The molecule has 1 aromatic heterocycles. The Bertz CT molecular complexity index is 395. The second kappa shape index (κ2) is 9.25. The maximum atomic E-state index is 12.1. The van der Waals surface area contributed by atoms with Gasteiger partial charge in [0.2, 0.25) is 5.95 Å². The van der Waals surface area contributed by atoms with Crippen LogP contribution in [0, 0.1) is 0 Å². The zero-order chi connectivity index (χ0) is 14.8. The van der Waals surface area contributed by atoms with E-state index in [9.17, 15) is 4.79 Å². The number of hydrogen-bond acceptors (Lipinski definition) is 5. The minimum absolute atomic E-state index is 0.0376. The molecule has 0 spiro atoms. The van der Waals surface area contributed by atoms with Gasteiger partial charge in [-0.3, -0.25) is 4.79 Å². The van der Waals surface area contributed by atoms with Gasteiger partial charge in [-0.1, -0.05) is 13.3 Å². The molecule has 0 aliphatic rings. The smallest absolute Gasteiger partial charge is 0.256 e. The van der Waals surface area contributed by atoms with Gasteiger partial charge in [0.1, 0.15) is 0 Å². The molecule has 0 fully saturated rings. The van der Waals surface area contributed by atoms with Gasteiger partial charge in [0.05, 0.1) is 5.56 Å². The van der Waals surface area contributed by atoms with Crippen molar-refractivity contribution in [1.82, 2.24) is 14.9 Å². The quantitative estimate of drug-likeness (QED) is 0.699. The summed E-state index contributed by atoms with van der Waals surface area (Å²) < 4.78 is 4.96. The van der Waals surface area contributed by atoms with Gasteiger partial charge < -0.3 is 15.0 Å². The van der Waals surface area contributed by atoms with Crippen molar-refractivity contribution in [2.45, 2.75) is 26.2 Å². The highest BCUT2D eigenvalue weighted by molar-refractivity contribution is 5.93. The van der Waals surface area contributed by atoms with Crippen molar-refractivity contribution in [3.8, 4) is 0 Å². The molecular weight excluding hydrogens is 256 g/mol. The predicted octanol–water partition coefficient (Wildman–Crippen LogP) is 1.80. The third kappa shape index (κ3) is 5.52. The van der Waals surface area contributed by atoms with Gasteiger partial charge in [0.25, 0.3) is 5.91 Å². The van der Waals surface area contributed by atoms with Gasteiger partial charge in [-0.25, -0.2) is 9.97 Å². The van der Waals surface area contributed by atoms with Gasteiger partial charge in [0, 0.05) is 46.2 Å². The predicted molar refractivity (Wildman–Crippen MR) is 78.9 cm³/mol. The first-order valence-electron chi connectivity index (χ1n) is 6.99. The van der Waals surface area contributed by atoms with E-state index in [0.717, 1.165) is 32.4 Å². The Hall–Kier alpha value is -1.69. The number of ether oxygens (including phenoxy) is 1. The van der Waals surface area contributed by atoms with Crippen molar-refractivity contribution < 1.29 is 9.53 Å². The number of aromatic nitrogens is 2. The van der Waals surface area contributed by atoms with Crippen molar-refractivity contribution in [1.29, 1.82) is 0 Å². The molecular formula is C14H24N4O2. The number of carbonyl (C=O) groups excluding carboxylic acids is 1. The number of amides is 1. The van der Waals surface area contributed by atoms with Crippen molar-refractivity contribution in [3.05, 3.63) is 18.0 Å². The van der Waals surface area contributed by atoms with Crippen molar-refractivity contribution >= 4 is 11.9 Å². The average molecular weight is 280 g/mol. The molecule has 6 heteroatoms. The van der Waals surface area contributed by atoms with Crippen LogP contribution >= 0.6 is 0 Å². The summed E-state index contributed by atoms with van der Waals surface area (Å²) in [7, 11) is 3.47. The van der Waals surface area contributed by atoms with Gasteiger partial charge in [-0.2, -0.15) is 0 Å². The first-order valence-corrected chi connectivity index (χ1v) is 6.99. The molecule has 1 amide bonds. The third-order valence-corrected chi connectivity index (χ3v) is 2.90. The summed E-state index contributed by atoms with van der Waals surface area (Å²) in [6.07, 6.45) is 6.09. The summed E-state index contributed by atoms with van der Waals surface area (Å²) in [4.78, 5) is 22.1. The molecule has 0 unspecified atom stereocenters. The Balaban J connectivity index is 2.46. The molecule has 0 atom stereocenters. The maximum absolute atomic E-state index is 12.1. The standard InChI is InChI=1S/C14H24N4O2/c1-4-5-8-18(2)13(19)12-10-16-14(17-11-12)15-7-6-9-20-3/h10-11H,4-9H2,1-3H3,(H,15,16,17). The molecule has 112 valence electrons. The highest BCUT2D eigenvalue weighted by Gasteiger charge is 2.11. The number of rotatable bonds is 9. The highest BCUT2D eigenvalue weighted by Crippen LogP contribution is 2.05. The molecule has 0 aliphatic heterocycles. The summed E-state index contributed by atoms with van der Waals surface area (Å²) in [5.41, 5.74) is 0.519. The fourth-order valence-corrected chi connectivity index (χ4v) is 1.66. The molecule has 0 bridgehead atoms. The number of hydrogen-bond donors (Lipinski definition) is 1. The van der Waals surface area contributed by atoms with Crippen LogP contribution in [0.4, 0.5) is 5.95 Å². The van der Waals surface area contributed by atoms with E-state index in [1.807, 2.05) is 0 Å². The van der Waals surface area contributed by atoms with Crippen molar-refractivity contribution in [3.63, 3.8) is 0 Å². The number of nitrogens with zero attached hydrogens (tertiary/aromatic N) is 3. The Morgan fingerprint density at radius 1 is 1.35 bits per heavy atom. The van der Waals surface area contributed by atoms with E-state index in [2.05, 4.69) is 22.2 Å². The molecule has 1 rings (SSSR count). The van der Waals surface area contributed by atoms with E-state index in [0.29, 0.717) is 18.1 Å². The molecule has 20 heavy (non-hydrogen) atoms. The number of anilines is 1. The molecule has 0 saturated heterocycles. The summed E-state index contributed by atoms with van der Waals surface area (Å²) >= 11 is 0. The topological polar surface area (TPSA) is 67.4 Å². The van der Waals surface area contributed by atoms with Gasteiger partial charge in [0.15, 0.2) is 0 Å². The number of nitrogens with one attached hydrogen (secondary N) is 1. The Morgan fingerprint density at radius 2 is 2.05 bits per heavy atom. The zero-order valence-corrected chi connectivity index (χ0v) is 12.6. The zero-order valence-electron chi connectivity index (χ0n) is 12.6. The van der Waals surface area contributed by atoms with E-state index >= 15 is 0 Å². The SMILES string of the molecule is CCCCN(C)C(=O)c1cnc(NCCCOC)nc1. The molecule has 1 N–H and O–H groups in total. The Labute approximate surface area is 120 Å². The van der Waals surface area contributed by atoms with Crippen LogP contribution in [0.15, 0.2) is 12.4 Å². The van der Waals surface area contributed by atoms with E-state index in [4.69, 9.17) is 4.74 Å². The van der Waals surface area contributed by atoms with Gasteiger partial charge >= 0.3 is 0 Å². The van der Waals surface area contributed by atoms with Crippen molar-refractivity contribution in [2.75, 3.05) is 39.2 Å². The monoisotopic (exact) mass is 280 g/mol. The minimum atomic E-state index is -0.0376. The van der Waals surface area contributed by atoms with Gasteiger partial charge in [-0.05, 0) is 12.8 Å². The van der Waals surface area contributed by atoms with Crippen LogP contribution in [0.1, 0.15) is 36.5 Å². The number of unbranched alkanes of at least 4 members (excludes halogenated alkanes) is 1. The Kier molecular flexibility index (Phi) is 7.57. The minimum Gasteiger partial charge on any atom is -0.385 e. The second-order valence-electron chi connectivity index (χ2n) is 4.65. The largest absolute Gasteiger partial charge is 0.385 e. The van der Waals surface area contributed by atoms with Crippen LogP contribution in [-0.2, 0) is 4.74 Å². The normalized spacial score (nSPS) is 10.3. The fraction of sp³-hybridized carbons (Fsp3) is 0.643. The average Bonchev–Trinajstić information content (AvgIpc) is 2.49. The molecule has 1 aromatic rings. The van der Waals surface area contributed by atoms with Crippen LogP contribution in [0.25, 0.3) is 0 Å². The summed E-state index contributed by atoms with van der Waals surface area (Å²) in [6, 6.07) is 0. The lowest BCUT2D eigenvalue weighted by atomic mass is 10.2. The van der Waals surface area contributed by atoms with E-state index in [1.165, 1.54) is 0 Å². The van der Waals surface area contributed by atoms with Crippen LogP contribution in [0.3, 0.4) is 0 Å².